The van der Waals surface area contributed by atoms with Crippen molar-refractivity contribution in [3.63, 3.8) is 0 Å². The minimum absolute atomic E-state index is 0.0172. The van der Waals surface area contributed by atoms with Gasteiger partial charge in [-0.25, -0.2) is 0 Å². The molecule has 6 heteroatoms. The van der Waals surface area contributed by atoms with Crippen LogP contribution in [0, 0.1) is 0 Å². The molecule has 6 nitrogen and oxygen atoms in total. The molecule has 0 fully saturated rings. The topological polar surface area (TPSA) is 64.1 Å². The summed E-state index contributed by atoms with van der Waals surface area (Å²) < 4.78 is 16.5. The molecule has 1 aromatic carbocycles. The normalized spacial score (nSPS) is 13.3. The molecule has 1 rings (SSSR count). The highest BCUT2D eigenvalue weighted by atomic mass is 16.5. The number of nitrogens with zero attached hydrogens (tertiary/aromatic N) is 1. The largest absolute Gasteiger partial charge is 0.497 e. The van der Waals surface area contributed by atoms with E-state index in [9.17, 15) is 0 Å². The smallest absolute Gasteiger partial charge is 0.191 e. The van der Waals surface area contributed by atoms with Crippen molar-refractivity contribution in [2.45, 2.75) is 39.4 Å². The van der Waals surface area contributed by atoms with E-state index < -0.39 is 0 Å². The second-order valence-corrected chi connectivity index (χ2v) is 6.15. The Hall–Kier alpha value is -1.95. The fraction of sp³-hybridized carbons (Fsp3) is 0.611. The van der Waals surface area contributed by atoms with Gasteiger partial charge < -0.3 is 24.8 Å². The van der Waals surface area contributed by atoms with E-state index >= 15 is 0 Å². The number of guanidine groups is 1. The second-order valence-electron chi connectivity index (χ2n) is 6.15. The summed E-state index contributed by atoms with van der Waals surface area (Å²) in [6, 6.07) is 7.59. The second kappa shape index (κ2) is 10.0. The van der Waals surface area contributed by atoms with E-state index in [-0.39, 0.29) is 11.7 Å². The molecule has 136 valence electrons. The minimum Gasteiger partial charge on any atom is -0.497 e. The van der Waals surface area contributed by atoms with E-state index in [4.69, 9.17) is 14.2 Å². The molecule has 0 aliphatic heterocycles. The average molecular weight is 337 g/mol. The minimum atomic E-state index is -0.287. The van der Waals surface area contributed by atoms with Crippen LogP contribution in [-0.4, -0.2) is 51.5 Å². The number of aliphatic imine (C=N–C) groups is 1. The average Bonchev–Trinajstić information content (AvgIpc) is 2.57. The van der Waals surface area contributed by atoms with Gasteiger partial charge in [0.05, 0.1) is 25.8 Å². The lowest BCUT2D eigenvalue weighted by Crippen LogP contribution is -2.42. The van der Waals surface area contributed by atoms with Crippen LogP contribution in [0.25, 0.3) is 0 Å². The lowest BCUT2D eigenvalue weighted by Gasteiger charge is -2.22. The molecule has 0 spiro atoms. The Labute approximate surface area is 145 Å². The molecule has 0 heterocycles. The first-order valence-corrected chi connectivity index (χ1v) is 8.28. The standard InChI is InChI=1S/C18H31N3O3/c1-7-19-17(21-13-18(3,4)23-6)20-12-14(2)24-16-10-8-9-15(11-16)22-5/h8-11,14H,7,12-13H2,1-6H3,(H2,19,20,21). The highest BCUT2D eigenvalue weighted by Crippen LogP contribution is 2.19. The van der Waals surface area contributed by atoms with Crippen molar-refractivity contribution in [3.8, 4) is 11.5 Å². The van der Waals surface area contributed by atoms with Gasteiger partial charge in [-0.3, -0.25) is 4.99 Å². The molecular weight excluding hydrogens is 306 g/mol. The van der Waals surface area contributed by atoms with Crippen molar-refractivity contribution in [1.82, 2.24) is 10.6 Å². The molecule has 0 saturated heterocycles. The zero-order valence-electron chi connectivity index (χ0n) is 15.7. The molecule has 2 N–H and O–H groups in total. The van der Waals surface area contributed by atoms with Crippen molar-refractivity contribution in [1.29, 1.82) is 0 Å². The predicted molar refractivity (Wildman–Crippen MR) is 98.2 cm³/mol. The number of nitrogens with one attached hydrogen (secondary N) is 2. The van der Waals surface area contributed by atoms with Crippen LogP contribution in [0.4, 0.5) is 0 Å². The molecule has 0 radical (unpaired) electrons. The van der Waals surface area contributed by atoms with Gasteiger partial charge in [0.15, 0.2) is 5.96 Å². The Balaban J connectivity index is 2.54. The molecule has 1 aromatic rings. The molecule has 0 aromatic heterocycles. The van der Waals surface area contributed by atoms with Gasteiger partial charge in [-0.15, -0.1) is 0 Å². The summed E-state index contributed by atoms with van der Waals surface area (Å²) in [5, 5.41) is 6.52. The monoisotopic (exact) mass is 337 g/mol. The van der Waals surface area contributed by atoms with E-state index in [1.165, 1.54) is 0 Å². The van der Waals surface area contributed by atoms with Gasteiger partial charge in [0.1, 0.15) is 17.6 Å². The van der Waals surface area contributed by atoms with E-state index in [1.54, 1.807) is 14.2 Å². The number of methoxy groups -OCH3 is 2. The highest BCUT2D eigenvalue weighted by Gasteiger charge is 2.16. The van der Waals surface area contributed by atoms with Crippen molar-refractivity contribution >= 4 is 5.96 Å². The van der Waals surface area contributed by atoms with Gasteiger partial charge in [-0.05, 0) is 39.8 Å². The third-order valence-electron chi connectivity index (χ3n) is 3.45. The highest BCUT2D eigenvalue weighted by molar-refractivity contribution is 5.79. The van der Waals surface area contributed by atoms with Crippen LogP contribution >= 0.6 is 0 Å². The van der Waals surface area contributed by atoms with Crippen LogP contribution in [0.2, 0.25) is 0 Å². The SMILES string of the molecule is CCNC(=NCC(C)(C)OC)NCC(C)Oc1cccc(OC)c1. The van der Waals surface area contributed by atoms with Crippen molar-refractivity contribution in [2.75, 3.05) is 33.9 Å². The van der Waals surface area contributed by atoms with Crippen molar-refractivity contribution in [3.05, 3.63) is 24.3 Å². The summed E-state index contributed by atoms with van der Waals surface area (Å²) in [6.07, 6.45) is -0.0172. The number of rotatable bonds is 9. The van der Waals surface area contributed by atoms with Crippen LogP contribution in [0.3, 0.4) is 0 Å². The van der Waals surface area contributed by atoms with Gasteiger partial charge in [-0.2, -0.15) is 0 Å². The van der Waals surface area contributed by atoms with E-state index in [0.717, 1.165) is 24.0 Å². The van der Waals surface area contributed by atoms with Gasteiger partial charge >= 0.3 is 0 Å². The summed E-state index contributed by atoms with van der Waals surface area (Å²) in [4.78, 5) is 4.56. The Kier molecular flexibility index (Phi) is 8.40. The third kappa shape index (κ3) is 7.55. The first-order chi connectivity index (χ1) is 11.4. The maximum Gasteiger partial charge on any atom is 0.191 e. The zero-order valence-corrected chi connectivity index (χ0v) is 15.7. The summed E-state index contributed by atoms with van der Waals surface area (Å²) in [7, 11) is 3.34. The van der Waals surface area contributed by atoms with Crippen LogP contribution in [-0.2, 0) is 4.74 Å². The van der Waals surface area contributed by atoms with Gasteiger partial charge in [0.2, 0.25) is 0 Å². The van der Waals surface area contributed by atoms with Gasteiger partial charge in [-0.1, -0.05) is 6.07 Å². The molecule has 0 amide bonds. The predicted octanol–water partition coefficient (Wildman–Crippen LogP) is 2.44. The number of benzene rings is 1. The Morgan fingerprint density at radius 1 is 1.21 bits per heavy atom. The third-order valence-corrected chi connectivity index (χ3v) is 3.45. The lowest BCUT2D eigenvalue weighted by molar-refractivity contribution is 0.0310. The lowest BCUT2D eigenvalue weighted by atomic mass is 10.1. The van der Waals surface area contributed by atoms with E-state index in [1.807, 2.05) is 52.0 Å². The molecule has 1 unspecified atom stereocenters. The fourth-order valence-corrected chi connectivity index (χ4v) is 1.86. The first kappa shape index (κ1) is 20.1. The first-order valence-electron chi connectivity index (χ1n) is 8.28. The fourth-order valence-electron chi connectivity index (χ4n) is 1.86. The van der Waals surface area contributed by atoms with Crippen molar-refractivity contribution in [2.24, 2.45) is 4.99 Å². The summed E-state index contributed by atoms with van der Waals surface area (Å²) in [5.74, 6) is 2.32. The van der Waals surface area contributed by atoms with Crippen molar-refractivity contribution < 1.29 is 14.2 Å². The van der Waals surface area contributed by atoms with Gasteiger partial charge in [0.25, 0.3) is 0 Å². The summed E-state index contributed by atoms with van der Waals surface area (Å²) in [5.41, 5.74) is -0.287. The molecule has 24 heavy (non-hydrogen) atoms. The van der Waals surface area contributed by atoms with Crippen LogP contribution in [0.5, 0.6) is 11.5 Å². The molecule has 0 aliphatic carbocycles. The number of hydrogen-bond acceptors (Lipinski definition) is 4. The Morgan fingerprint density at radius 2 is 1.92 bits per heavy atom. The Bertz CT molecular complexity index is 518. The number of ether oxygens (including phenoxy) is 3. The van der Waals surface area contributed by atoms with Crippen LogP contribution in [0.15, 0.2) is 29.3 Å². The maximum absolute atomic E-state index is 5.90. The Morgan fingerprint density at radius 3 is 2.54 bits per heavy atom. The summed E-state index contributed by atoms with van der Waals surface area (Å²) >= 11 is 0. The van der Waals surface area contributed by atoms with E-state index in [2.05, 4.69) is 15.6 Å². The molecule has 0 aliphatic rings. The molecule has 0 saturated carbocycles. The zero-order chi connectivity index (χ0) is 18.0. The molecular formula is C18H31N3O3. The van der Waals surface area contributed by atoms with Crippen LogP contribution in [0.1, 0.15) is 27.7 Å². The van der Waals surface area contributed by atoms with E-state index in [0.29, 0.717) is 13.1 Å². The number of hydrogen-bond donors (Lipinski definition) is 2. The van der Waals surface area contributed by atoms with Gasteiger partial charge in [0, 0.05) is 19.7 Å². The van der Waals surface area contributed by atoms with Crippen LogP contribution < -0.4 is 20.1 Å². The quantitative estimate of drug-likeness (QED) is 0.535. The maximum atomic E-state index is 5.90. The molecule has 0 bridgehead atoms. The summed E-state index contributed by atoms with van der Waals surface area (Å²) in [6.45, 7) is 10.1. The molecule has 1 atom stereocenters.